The molecule has 1 unspecified atom stereocenters. The van der Waals surface area contributed by atoms with Gasteiger partial charge in [0.25, 0.3) is 0 Å². The van der Waals surface area contributed by atoms with E-state index in [9.17, 15) is 14.4 Å². The van der Waals surface area contributed by atoms with Gasteiger partial charge in [-0.05, 0) is 31.1 Å². The van der Waals surface area contributed by atoms with Crippen molar-refractivity contribution < 1.29 is 28.6 Å². The van der Waals surface area contributed by atoms with Gasteiger partial charge in [0.1, 0.15) is 13.2 Å². The second-order valence-electron chi connectivity index (χ2n) is 19.6. The smallest absolute Gasteiger partial charge is 0.306 e. The highest BCUT2D eigenvalue weighted by Crippen LogP contribution is 2.18. The maximum atomic E-state index is 12.8. The van der Waals surface area contributed by atoms with Crippen molar-refractivity contribution in [2.75, 3.05) is 13.2 Å². The number of carbonyl (C=O) groups excluding carboxylic acids is 3. The van der Waals surface area contributed by atoms with Crippen LogP contribution >= 0.6 is 0 Å². The van der Waals surface area contributed by atoms with Crippen LogP contribution in [0.25, 0.3) is 0 Å². The van der Waals surface area contributed by atoms with Gasteiger partial charge in [0.05, 0.1) is 0 Å². The van der Waals surface area contributed by atoms with Crippen molar-refractivity contribution in [3.05, 3.63) is 0 Å². The summed E-state index contributed by atoms with van der Waals surface area (Å²) in [7, 11) is 0. The van der Waals surface area contributed by atoms with Crippen LogP contribution in [0.4, 0.5) is 0 Å². The van der Waals surface area contributed by atoms with Gasteiger partial charge in [-0.15, -0.1) is 0 Å². The average molecular weight is 863 g/mol. The normalized spacial score (nSPS) is 12.5. The first-order valence-corrected chi connectivity index (χ1v) is 27.3. The van der Waals surface area contributed by atoms with E-state index in [1.807, 2.05) is 0 Å². The Hall–Kier alpha value is -1.59. The molecule has 0 bridgehead atoms. The van der Waals surface area contributed by atoms with Crippen LogP contribution in [0, 0.1) is 11.8 Å². The van der Waals surface area contributed by atoms with Crippen molar-refractivity contribution in [3.8, 4) is 0 Å². The number of unbranched alkanes of at least 4 members (excludes halogenated alkanes) is 33. The summed E-state index contributed by atoms with van der Waals surface area (Å²) in [6.45, 7) is 11.4. The summed E-state index contributed by atoms with van der Waals surface area (Å²) < 4.78 is 16.8. The highest BCUT2D eigenvalue weighted by atomic mass is 16.6. The average Bonchev–Trinajstić information content (AvgIpc) is 3.24. The number of esters is 3. The molecule has 0 aromatic carbocycles. The van der Waals surface area contributed by atoms with Crippen molar-refractivity contribution in [2.45, 2.75) is 310 Å². The maximum Gasteiger partial charge on any atom is 0.306 e. The lowest BCUT2D eigenvalue weighted by Gasteiger charge is -2.18. The first-order chi connectivity index (χ1) is 29.8. The van der Waals surface area contributed by atoms with Crippen LogP contribution < -0.4 is 0 Å². The third kappa shape index (κ3) is 47.7. The molecule has 0 radical (unpaired) electrons. The monoisotopic (exact) mass is 863 g/mol. The van der Waals surface area contributed by atoms with Gasteiger partial charge in [0, 0.05) is 19.3 Å². The Morgan fingerprint density at radius 2 is 0.623 bits per heavy atom. The van der Waals surface area contributed by atoms with Crippen molar-refractivity contribution >= 4 is 17.9 Å². The molecule has 0 heterocycles. The molecular formula is C55H106O6. The molecule has 362 valence electrons. The topological polar surface area (TPSA) is 78.9 Å². The molecule has 0 aromatic rings. The number of ether oxygens (including phenoxy) is 3. The van der Waals surface area contributed by atoms with Gasteiger partial charge in [0.15, 0.2) is 6.10 Å². The minimum atomic E-state index is -0.761. The van der Waals surface area contributed by atoms with Crippen molar-refractivity contribution in [2.24, 2.45) is 11.8 Å². The van der Waals surface area contributed by atoms with E-state index in [4.69, 9.17) is 14.2 Å². The number of hydrogen-bond donors (Lipinski definition) is 0. The van der Waals surface area contributed by atoms with Crippen molar-refractivity contribution in [1.82, 2.24) is 0 Å². The fourth-order valence-electron chi connectivity index (χ4n) is 8.31. The van der Waals surface area contributed by atoms with E-state index in [2.05, 4.69) is 34.6 Å². The molecule has 0 saturated heterocycles. The highest BCUT2D eigenvalue weighted by molar-refractivity contribution is 5.71. The molecule has 6 nitrogen and oxygen atoms in total. The molecule has 2 atom stereocenters. The summed E-state index contributed by atoms with van der Waals surface area (Å²) in [5, 5.41) is 0. The van der Waals surface area contributed by atoms with Gasteiger partial charge in [0.2, 0.25) is 0 Å². The van der Waals surface area contributed by atoms with Crippen molar-refractivity contribution in [3.63, 3.8) is 0 Å². The van der Waals surface area contributed by atoms with Gasteiger partial charge >= 0.3 is 17.9 Å². The maximum absolute atomic E-state index is 12.8. The first kappa shape index (κ1) is 59.4. The molecule has 0 aliphatic heterocycles. The van der Waals surface area contributed by atoms with Crippen LogP contribution in [0.5, 0.6) is 0 Å². The lowest BCUT2D eigenvalue weighted by Crippen LogP contribution is -2.30. The largest absolute Gasteiger partial charge is 0.462 e. The van der Waals surface area contributed by atoms with E-state index in [1.165, 1.54) is 193 Å². The lowest BCUT2D eigenvalue weighted by molar-refractivity contribution is -0.167. The molecule has 0 rings (SSSR count). The SMILES string of the molecule is CCCCCCCCCCCCC(=O)OC[C@H](COC(=O)CCCCCCCCCCC(C)C)OC(=O)CCCCCCCCCCCCCCCCCCCCC(C)CC. The molecular weight excluding hydrogens is 757 g/mol. The van der Waals surface area contributed by atoms with Crippen LogP contribution in [0.1, 0.15) is 304 Å². The summed E-state index contributed by atoms with van der Waals surface area (Å²) in [4.78, 5) is 37.9. The predicted octanol–water partition coefficient (Wildman–Crippen LogP) is 17.7. The molecule has 0 fully saturated rings. The fraction of sp³-hybridized carbons (Fsp3) is 0.945. The Kier molecular flexibility index (Phi) is 46.6. The van der Waals surface area contributed by atoms with Gasteiger partial charge in [-0.25, -0.2) is 0 Å². The van der Waals surface area contributed by atoms with Gasteiger partial charge in [-0.2, -0.15) is 0 Å². The van der Waals surface area contributed by atoms with Crippen LogP contribution in [0.15, 0.2) is 0 Å². The molecule has 0 spiro atoms. The van der Waals surface area contributed by atoms with Crippen LogP contribution in [0.3, 0.4) is 0 Å². The minimum absolute atomic E-state index is 0.0639. The number of carbonyl (C=O) groups is 3. The first-order valence-electron chi connectivity index (χ1n) is 27.3. The van der Waals surface area contributed by atoms with E-state index < -0.39 is 6.10 Å². The minimum Gasteiger partial charge on any atom is -0.462 e. The Morgan fingerprint density at radius 3 is 0.934 bits per heavy atom. The Morgan fingerprint density at radius 1 is 0.344 bits per heavy atom. The van der Waals surface area contributed by atoms with Gasteiger partial charge < -0.3 is 14.2 Å². The zero-order valence-corrected chi connectivity index (χ0v) is 41.8. The zero-order chi connectivity index (χ0) is 44.7. The summed E-state index contributed by atoms with van der Waals surface area (Å²) in [5.74, 6) is 0.857. The summed E-state index contributed by atoms with van der Waals surface area (Å²) in [5.41, 5.74) is 0. The summed E-state index contributed by atoms with van der Waals surface area (Å²) >= 11 is 0. The highest BCUT2D eigenvalue weighted by Gasteiger charge is 2.19. The van der Waals surface area contributed by atoms with Crippen molar-refractivity contribution in [1.29, 1.82) is 0 Å². The molecule has 0 aromatic heterocycles. The predicted molar refractivity (Wildman–Crippen MR) is 261 cm³/mol. The Bertz CT molecular complexity index is 933. The third-order valence-electron chi connectivity index (χ3n) is 12.8. The quantitative estimate of drug-likeness (QED) is 0.0344. The molecule has 6 heteroatoms. The summed E-state index contributed by atoms with van der Waals surface area (Å²) in [6.07, 6.45) is 49.5. The second kappa shape index (κ2) is 47.9. The lowest BCUT2D eigenvalue weighted by atomic mass is 9.99. The van der Waals surface area contributed by atoms with E-state index in [0.717, 1.165) is 69.6 Å². The Labute approximate surface area is 380 Å². The van der Waals surface area contributed by atoms with Crippen LogP contribution in [0.2, 0.25) is 0 Å². The molecule has 61 heavy (non-hydrogen) atoms. The standard InChI is InChI=1S/C55H106O6/c1-6-8-9-10-11-12-24-30-35-40-45-53(56)59-48-52(49-60-54(57)46-41-36-31-27-26-28-33-38-43-50(3)4)61-55(58)47-42-37-32-25-22-20-18-16-14-13-15-17-19-21-23-29-34-39-44-51(5)7-2/h50-52H,6-49H2,1-5H3/t51?,52-/m1/s1. The van der Waals surface area contributed by atoms with Crippen LogP contribution in [-0.2, 0) is 28.6 Å². The fourth-order valence-corrected chi connectivity index (χ4v) is 8.31. The molecule has 0 N–H and O–H groups in total. The van der Waals surface area contributed by atoms with Crippen LogP contribution in [-0.4, -0.2) is 37.2 Å². The van der Waals surface area contributed by atoms with E-state index in [-0.39, 0.29) is 31.1 Å². The Balaban J connectivity index is 4.19. The molecule has 0 aliphatic rings. The van der Waals surface area contributed by atoms with Gasteiger partial charge in [-0.3, -0.25) is 14.4 Å². The summed E-state index contributed by atoms with van der Waals surface area (Å²) in [6, 6.07) is 0. The second-order valence-corrected chi connectivity index (χ2v) is 19.6. The number of rotatable bonds is 49. The van der Waals surface area contributed by atoms with Gasteiger partial charge in [-0.1, -0.05) is 266 Å². The molecule has 0 amide bonds. The van der Waals surface area contributed by atoms with E-state index in [1.54, 1.807) is 0 Å². The molecule has 0 aliphatic carbocycles. The zero-order valence-electron chi connectivity index (χ0n) is 41.8. The number of hydrogen-bond acceptors (Lipinski definition) is 6. The van der Waals surface area contributed by atoms with E-state index >= 15 is 0 Å². The molecule has 0 saturated carbocycles. The third-order valence-corrected chi connectivity index (χ3v) is 12.8. The van der Waals surface area contributed by atoms with E-state index in [0.29, 0.717) is 19.3 Å².